The Bertz CT molecular complexity index is 637. The van der Waals surface area contributed by atoms with Gasteiger partial charge in [-0.05, 0) is 55.6 Å². The molecule has 29 heavy (non-hydrogen) atoms. The van der Waals surface area contributed by atoms with Crippen molar-refractivity contribution >= 4 is 11.9 Å². The van der Waals surface area contributed by atoms with E-state index in [1.165, 1.54) is 12.8 Å². The average molecular weight is 401 g/mol. The Labute approximate surface area is 175 Å². The van der Waals surface area contributed by atoms with Crippen LogP contribution < -0.4 is 4.74 Å². The van der Waals surface area contributed by atoms with Crippen molar-refractivity contribution in [1.29, 1.82) is 0 Å². The van der Waals surface area contributed by atoms with Gasteiger partial charge in [-0.3, -0.25) is 9.59 Å². The number of carbonyl (C=O) groups excluding carboxylic acids is 2. The summed E-state index contributed by atoms with van der Waals surface area (Å²) >= 11 is 0. The monoisotopic (exact) mass is 400 g/mol. The first kappa shape index (κ1) is 21.9. The zero-order valence-electron chi connectivity index (χ0n) is 18.0. The number of hydrogen-bond acceptors (Lipinski definition) is 4. The maximum Gasteiger partial charge on any atom is 0.329 e. The van der Waals surface area contributed by atoms with Crippen LogP contribution in [0.5, 0.6) is 5.75 Å². The molecule has 0 aromatic heterocycles. The number of para-hydroxylation sites is 1. The first-order chi connectivity index (χ1) is 14.0. The van der Waals surface area contributed by atoms with Crippen LogP contribution in [0.15, 0.2) is 30.3 Å². The molecule has 0 amide bonds. The van der Waals surface area contributed by atoms with Crippen molar-refractivity contribution in [2.24, 2.45) is 23.2 Å². The molecule has 0 aliphatic heterocycles. The Morgan fingerprint density at radius 3 is 1.86 bits per heavy atom. The number of carbonyl (C=O) groups is 2. The average Bonchev–Trinajstić information content (AvgIpc) is 2.75. The minimum absolute atomic E-state index is 0.00947. The third kappa shape index (κ3) is 5.02. The van der Waals surface area contributed by atoms with Crippen LogP contribution in [0.25, 0.3) is 0 Å². The van der Waals surface area contributed by atoms with Crippen LogP contribution in [0.4, 0.5) is 0 Å². The van der Waals surface area contributed by atoms with Gasteiger partial charge in [0.2, 0.25) is 0 Å². The van der Waals surface area contributed by atoms with Gasteiger partial charge in [-0.2, -0.15) is 0 Å². The smallest absolute Gasteiger partial charge is 0.329 e. The fourth-order valence-corrected chi connectivity index (χ4v) is 5.24. The van der Waals surface area contributed by atoms with Gasteiger partial charge in [0.15, 0.2) is 5.41 Å². The molecule has 2 fully saturated rings. The molecule has 0 spiro atoms. The standard InChI is InChI=1S/C25H36O4/c1-19(2)18-28-23(26)25(20-12-6-3-7-13-20,21-14-8-4-9-15-21)24(27)29-22-16-10-5-11-17-22/h5,10-11,16-17,19-21H,3-4,6-9,12-15,18H2,1-2H3. The summed E-state index contributed by atoms with van der Waals surface area (Å²) in [6.45, 7) is 4.40. The van der Waals surface area contributed by atoms with E-state index in [-0.39, 0.29) is 23.7 Å². The third-order valence-electron chi connectivity index (χ3n) is 6.68. The van der Waals surface area contributed by atoms with Crippen molar-refractivity contribution in [2.45, 2.75) is 78.1 Å². The molecule has 160 valence electrons. The molecule has 1 aromatic rings. The first-order valence-corrected chi connectivity index (χ1v) is 11.5. The summed E-state index contributed by atoms with van der Waals surface area (Å²) in [4.78, 5) is 27.5. The summed E-state index contributed by atoms with van der Waals surface area (Å²) in [7, 11) is 0. The lowest BCUT2D eigenvalue weighted by Gasteiger charge is -2.44. The summed E-state index contributed by atoms with van der Waals surface area (Å²) in [6.07, 6.45) is 10.2. The lowest BCUT2D eigenvalue weighted by Crippen LogP contribution is -2.55. The molecule has 2 aliphatic carbocycles. The van der Waals surface area contributed by atoms with E-state index in [1.807, 2.05) is 32.0 Å². The summed E-state index contributed by atoms with van der Waals surface area (Å²) in [5.41, 5.74) is -1.18. The molecule has 2 aliphatic rings. The highest BCUT2D eigenvalue weighted by atomic mass is 16.6. The number of benzene rings is 1. The molecular weight excluding hydrogens is 364 g/mol. The summed E-state index contributed by atoms with van der Waals surface area (Å²) in [5, 5.41) is 0. The Balaban J connectivity index is 1.99. The Hall–Kier alpha value is -1.84. The van der Waals surface area contributed by atoms with Crippen LogP contribution in [0, 0.1) is 23.2 Å². The van der Waals surface area contributed by atoms with Gasteiger partial charge < -0.3 is 9.47 Å². The Morgan fingerprint density at radius 1 is 0.862 bits per heavy atom. The van der Waals surface area contributed by atoms with Crippen LogP contribution >= 0.6 is 0 Å². The van der Waals surface area contributed by atoms with E-state index in [9.17, 15) is 9.59 Å². The number of ether oxygens (including phenoxy) is 2. The Morgan fingerprint density at radius 2 is 1.38 bits per heavy atom. The van der Waals surface area contributed by atoms with E-state index in [0.717, 1.165) is 51.4 Å². The largest absolute Gasteiger partial charge is 0.465 e. The van der Waals surface area contributed by atoms with Crippen LogP contribution in [0.3, 0.4) is 0 Å². The molecule has 0 heterocycles. The van der Waals surface area contributed by atoms with Gasteiger partial charge in [0.05, 0.1) is 6.61 Å². The van der Waals surface area contributed by atoms with E-state index < -0.39 is 11.4 Å². The van der Waals surface area contributed by atoms with Crippen molar-refractivity contribution in [3.63, 3.8) is 0 Å². The van der Waals surface area contributed by atoms with Gasteiger partial charge in [0.1, 0.15) is 5.75 Å². The highest BCUT2D eigenvalue weighted by molar-refractivity contribution is 6.01. The van der Waals surface area contributed by atoms with Crippen LogP contribution in [0.1, 0.15) is 78.1 Å². The fourth-order valence-electron chi connectivity index (χ4n) is 5.24. The molecular formula is C25H36O4. The van der Waals surface area contributed by atoms with Crippen LogP contribution in [-0.4, -0.2) is 18.5 Å². The van der Waals surface area contributed by atoms with Gasteiger partial charge in [0.25, 0.3) is 0 Å². The molecule has 0 atom stereocenters. The molecule has 3 rings (SSSR count). The minimum atomic E-state index is -1.18. The lowest BCUT2D eigenvalue weighted by atomic mass is 9.58. The van der Waals surface area contributed by atoms with E-state index in [1.54, 1.807) is 12.1 Å². The van der Waals surface area contributed by atoms with Crippen molar-refractivity contribution in [3.8, 4) is 5.75 Å². The summed E-state index contributed by atoms with van der Waals surface area (Å²) in [6, 6.07) is 9.16. The van der Waals surface area contributed by atoms with Crippen molar-refractivity contribution in [1.82, 2.24) is 0 Å². The van der Waals surface area contributed by atoms with E-state index in [2.05, 4.69) is 0 Å². The zero-order chi connectivity index (χ0) is 20.7. The summed E-state index contributed by atoms with van der Waals surface area (Å²) < 4.78 is 11.7. The number of rotatable bonds is 7. The number of esters is 2. The molecule has 4 nitrogen and oxygen atoms in total. The van der Waals surface area contributed by atoms with Crippen molar-refractivity contribution < 1.29 is 19.1 Å². The molecule has 0 radical (unpaired) electrons. The second-order valence-electron chi connectivity index (χ2n) is 9.23. The maximum atomic E-state index is 13.8. The topological polar surface area (TPSA) is 52.6 Å². The highest BCUT2D eigenvalue weighted by Gasteiger charge is 2.59. The molecule has 0 N–H and O–H groups in total. The maximum absolute atomic E-state index is 13.8. The Kier molecular flexibility index (Phi) is 7.74. The van der Waals surface area contributed by atoms with Gasteiger partial charge in [-0.15, -0.1) is 0 Å². The molecule has 2 saturated carbocycles. The zero-order valence-corrected chi connectivity index (χ0v) is 18.0. The summed E-state index contributed by atoms with van der Waals surface area (Å²) in [5.74, 6) is 0.0253. The van der Waals surface area contributed by atoms with Gasteiger partial charge >= 0.3 is 11.9 Å². The van der Waals surface area contributed by atoms with Crippen LogP contribution in [0.2, 0.25) is 0 Å². The second-order valence-corrected chi connectivity index (χ2v) is 9.23. The lowest BCUT2D eigenvalue weighted by molar-refractivity contribution is -0.181. The fraction of sp³-hybridized carbons (Fsp3) is 0.680. The van der Waals surface area contributed by atoms with Gasteiger partial charge in [0, 0.05) is 0 Å². The highest BCUT2D eigenvalue weighted by Crippen LogP contribution is 2.50. The quantitative estimate of drug-likeness (QED) is 0.323. The van der Waals surface area contributed by atoms with E-state index >= 15 is 0 Å². The number of hydrogen-bond donors (Lipinski definition) is 0. The van der Waals surface area contributed by atoms with Gasteiger partial charge in [-0.25, -0.2) is 0 Å². The SMILES string of the molecule is CC(C)COC(=O)C(C(=O)Oc1ccccc1)(C1CCCCC1)C1CCCCC1. The predicted molar refractivity (Wildman–Crippen MR) is 113 cm³/mol. The molecule has 0 bridgehead atoms. The molecule has 0 unspecified atom stereocenters. The van der Waals surface area contributed by atoms with Crippen molar-refractivity contribution in [3.05, 3.63) is 30.3 Å². The minimum Gasteiger partial charge on any atom is -0.465 e. The first-order valence-electron chi connectivity index (χ1n) is 11.5. The second kappa shape index (κ2) is 10.3. The predicted octanol–water partition coefficient (Wildman–Crippen LogP) is 5.94. The molecule has 4 heteroatoms. The molecule has 1 aromatic carbocycles. The van der Waals surface area contributed by atoms with Crippen molar-refractivity contribution in [2.75, 3.05) is 6.61 Å². The van der Waals surface area contributed by atoms with E-state index in [4.69, 9.17) is 9.47 Å². The van der Waals surface area contributed by atoms with E-state index in [0.29, 0.717) is 12.4 Å². The normalized spacial score (nSPS) is 19.1. The van der Waals surface area contributed by atoms with Crippen LogP contribution in [-0.2, 0) is 14.3 Å². The third-order valence-corrected chi connectivity index (χ3v) is 6.68. The van der Waals surface area contributed by atoms with Gasteiger partial charge in [-0.1, -0.05) is 70.6 Å². The molecule has 0 saturated heterocycles.